The Hall–Kier alpha value is -0.750. The molecule has 116 valence electrons. The van der Waals surface area contributed by atoms with Crippen LogP contribution in [0.25, 0.3) is 0 Å². The zero-order valence-electron chi connectivity index (χ0n) is 12.4. The highest BCUT2D eigenvalue weighted by atomic mass is 35.5. The highest BCUT2D eigenvalue weighted by Crippen LogP contribution is 2.41. The second-order valence-electron chi connectivity index (χ2n) is 5.25. The maximum Gasteiger partial charge on any atom is 0.327 e. The summed E-state index contributed by atoms with van der Waals surface area (Å²) in [6, 6.07) is 6.48. The largest absolute Gasteiger partial charge is 0.468 e. The van der Waals surface area contributed by atoms with Gasteiger partial charge >= 0.3 is 5.97 Å². The predicted octanol–water partition coefficient (Wildman–Crippen LogP) is 2.70. The van der Waals surface area contributed by atoms with Crippen molar-refractivity contribution in [1.82, 2.24) is 4.90 Å². The third kappa shape index (κ3) is 3.06. The number of esters is 1. The van der Waals surface area contributed by atoms with Crippen LogP contribution in [0.5, 0.6) is 0 Å². The molecule has 0 bridgehead atoms. The molecule has 3 atom stereocenters. The van der Waals surface area contributed by atoms with Gasteiger partial charge in [0.15, 0.2) is 0 Å². The summed E-state index contributed by atoms with van der Waals surface area (Å²) in [5.41, 5.74) is -0.426. The summed E-state index contributed by atoms with van der Waals surface area (Å²) in [5.74, 6) is -0.412. The van der Waals surface area contributed by atoms with Gasteiger partial charge in [0.2, 0.25) is 0 Å². The molecule has 0 saturated carbocycles. The lowest BCUT2D eigenvalue weighted by Crippen LogP contribution is -2.50. The first-order valence-corrected chi connectivity index (χ1v) is 8.44. The lowest BCUT2D eigenvalue weighted by molar-refractivity contribution is -0.157. The molecule has 0 aromatic heterocycles. The van der Waals surface area contributed by atoms with Gasteiger partial charge in [-0.25, -0.2) is 4.79 Å². The molecule has 0 amide bonds. The van der Waals surface area contributed by atoms with Crippen LogP contribution in [0.2, 0.25) is 5.02 Å². The maximum absolute atomic E-state index is 12.3. The summed E-state index contributed by atoms with van der Waals surface area (Å²) < 4.78 is 4.94. The molecular weight excluding hydrogens is 310 g/mol. The zero-order chi connectivity index (χ0) is 15.6. The number of rotatable bonds is 4. The van der Waals surface area contributed by atoms with E-state index in [9.17, 15) is 9.90 Å². The number of halogens is 1. The summed E-state index contributed by atoms with van der Waals surface area (Å²) >= 11 is 7.84. The van der Waals surface area contributed by atoms with Crippen molar-refractivity contribution in [1.29, 1.82) is 0 Å². The number of thioether (sulfide) groups is 1. The first-order valence-electron chi connectivity index (χ1n) is 6.77. The molecule has 0 aliphatic carbocycles. The Labute approximate surface area is 134 Å². The van der Waals surface area contributed by atoms with Gasteiger partial charge < -0.3 is 9.84 Å². The fraction of sp³-hybridized carbons (Fsp3) is 0.533. The molecule has 4 nitrogen and oxygen atoms in total. The van der Waals surface area contributed by atoms with Crippen LogP contribution in [-0.2, 0) is 9.53 Å². The Kier molecular flexibility index (Phi) is 5.20. The van der Waals surface area contributed by atoms with Crippen molar-refractivity contribution in [2.75, 3.05) is 19.9 Å². The van der Waals surface area contributed by atoms with E-state index in [0.717, 1.165) is 6.42 Å². The van der Waals surface area contributed by atoms with E-state index in [-0.39, 0.29) is 5.25 Å². The molecule has 1 heterocycles. The van der Waals surface area contributed by atoms with E-state index in [1.165, 1.54) is 7.11 Å². The average molecular weight is 330 g/mol. The second kappa shape index (κ2) is 6.57. The van der Waals surface area contributed by atoms with Gasteiger partial charge in [-0.1, -0.05) is 29.8 Å². The smallest absolute Gasteiger partial charge is 0.327 e. The lowest BCUT2D eigenvalue weighted by Gasteiger charge is -2.38. The third-order valence-electron chi connectivity index (χ3n) is 4.04. The number of hydrogen-bond acceptors (Lipinski definition) is 5. The molecule has 1 saturated heterocycles. The van der Waals surface area contributed by atoms with Gasteiger partial charge in [0.1, 0.15) is 11.8 Å². The first kappa shape index (κ1) is 16.6. The third-order valence-corrected chi connectivity index (χ3v) is 5.64. The standard InChI is InChI=1S/C15H20ClNO3S/c1-15(19)12(21-3)8-9-17(15)13(14(18)20-2)10-6-4-5-7-11(10)16/h4-7,12-13,19H,8-9H2,1-3H3/t12?,13-,15?/m0/s1. The Morgan fingerprint density at radius 1 is 1.57 bits per heavy atom. The number of carbonyl (C=O) groups excluding carboxylic acids is 1. The van der Waals surface area contributed by atoms with Crippen molar-refractivity contribution in [3.8, 4) is 0 Å². The maximum atomic E-state index is 12.3. The molecule has 21 heavy (non-hydrogen) atoms. The van der Waals surface area contributed by atoms with Crippen LogP contribution < -0.4 is 0 Å². The summed E-state index contributed by atoms with van der Waals surface area (Å²) in [5, 5.41) is 11.4. The van der Waals surface area contributed by atoms with Crippen molar-refractivity contribution in [2.24, 2.45) is 0 Å². The zero-order valence-corrected chi connectivity index (χ0v) is 13.9. The van der Waals surface area contributed by atoms with Crippen LogP contribution in [0.1, 0.15) is 24.9 Å². The van der Waals surface area contributed by atoms with E-state index in [4.69, 9.17) is 16.3 Å². The Morgan fingerprint density at radius 2 is 2.24 bits per heavy atom. The minimum atomic E-state index is -1.09. The fourth-order valence-electron chi connectivity index (χ4n) is 2.90. The van der Waals surface area contributed by atoms with Crippen LogP contribution in [0.3, 0.4) is 0 Å². The van der Waals surface area contributed by atoms with E-state index in [1.807, 2.05) is 18.4 Å². The number of likely N-dealkylation sites (tertiary alicyclic amines) is 1. The highest BCUT2D eigenvalue weighted by molar-refractivity contribution is 7.99. The Balaban J connectivity index is 2.43. The second-order valence-corrected chi connectivity index (χ2v) is 6.70. The van der Waals surface area contributed by atoms with Crippen molar-refractivity contribution >= 4 is 29.3 Å². The molecular formula is C15H20ClNO3S. The predicted molar refractivity (Wildman–Crippen MR) is 85.5 cm³/mol. The number of benzene rings is 1. The van der Waals surface area contributed by atoms with Crippen LogP contribution in [0.4, 0.5) is 0 Å². The summed E-state index contributed by atoms with van der Waals surface area (Å²) in [7, 11) is 1.35. The van der Waals surface area contributed by atoms with E-state index < -0.39 is 17.7 Å². The number of methoxy groups -OCH3 is 1. The summed E-state index contributed by atoms with van der Waals surface area (Å²) in [4.78, 5) is 14.1. The quantitative estimate of drug-likeness (QED) is 0.861. The number of nitrogens with zero attached hydrogens (tertiary/aromatic N) is 1. The Morgan fingerprint density at radius 3 is 2.76 bits per heavy atom. The van der Waals surface area contributed by atoms with Crippen molar-refractivity contribution in [3.05, 3.63) is 34.9 Å². The fourth-order valence-corrected chi connectivity index (χ4v) is 4.07. The van der Waals surface area contributed by atoms with Gasteiger partial charge in [-0.15, -0.1) is 0 Å². The molecule has 0 spiro atoms. The summed E-state index contributed by atoms with van der Waals surface area (Å²) in [6.07, 6.45) is 2.78. The van der Waals surface area contributed by atoms with E-state index in [2.05, 4.69) is 0 Å². The van der Waals surface area contributed by atoms with Crippen molar-refractivity contribution in [2.45, 2.75) is 30.4 Å². The monoisotopic (exact) mass is 329 g/mol. The molecule has 1 fully saturated rings. The van der Waals surface area contributed by atoms with E-state index in [1.54, 1.807) is 35.7 Å². The van der Waals surface area contributed by atoms with Crippen molar-refractivity contribution < 1.29 is 14.6 Å². The number of hydrogen-bond donors (Lipinski definition) is 1. The molecule has 1 aliphatic heterocycles. The minimum Gasteiger partial charge on any atom is -0.468 e. The SMILES string of the molecule is COC(=O)[C@H](c1ccccc1Cl)N1CCC(SC)C1(C)O. The lowest BCUT2D eigenvalue weighted by atomic mass is 10.0. The van der Waals surface area contributed by atoms with Crippen LogP contribution in [0.15, 0.2) is 24.3 Å². The topological polar surface area (TPSA) is 49.8 Å². The molecule has 0 radical (unpaired) electrons. The van der Waals surface area contributed by atoms with Gasteiger partial charge in [-0.3, -0.25) is 4.90 Å². The van der Waals surface area contributed by atoms with Gasteiger partial charge in [0, 0.05) is 16.8 Å². The number of ether oxygens (including phenoxy) is 1. The van der Waals surface area contributed by atoms with Gasteiger partial charge in [-0.05, 0) is 31.2 Å². The average Bonchev–Trinajstić information content (AvgIpc) is 2.76. The normalized spacial score (nSPS) is 27.6. The molecule has 1 aliphatic rings. The van der Waals surface area contributed by atoms with Gasteiger partial charge in [0.25, 0.3) is 0 Å². The summed E-state index contributed by atoms with van der Waals surface area (Å²) in [6.45, 7) is 2.36. The van der Waals surface area contributed by atoms with Crippen LogP contribution in [-0.4, -0.2) is 46.9 Å². The van der Waals surface area contributed by atoms with Gasteiger partial charge in [-0.2, -0.15) is 11.8 Å². The van der Waals surface area contributed by atoms with Gasteiger partial charge in [0.05, 0.1) is 7.11 Å². The number of carbonyl (C=O) groups is 1. The minimum absolute atomic E-state index is 0.0483. The highest BCUT2D eigenvalue weighted by Gasteiger charge is 2.49. The van der Waals surface area contributed by atoms with Crippen molar-refractivity contribution in [3.63, 3.8) is 0 Å². The molecule has 2 unspecified atom stereocenters. The van der Waals surface area contributed by atoms with Crippen LogP contribution >= 0.6 is 23.4 Å². The molecule has 6 heteroatoms. The molecule has 1 aromatic carbocycles. The first-order chi connectivity index (χ1) is 9.93. The molecule has 1 N–H and O–H groups in total. The Bertz CT molecular complexity index is 523. The molecule has 1 aromatic rings. The van der Waals surface area contributed by atoms with E-state index >= 15 is 0 Å². The van der Waals surface area contributed by atoms with E-state index in [0.29, 0.717) is 17.1 Å². The van der Waals surface area contributed by atoms with Crippen LogP contribution in [0, 0.1) is 0 Å². The number of aliphatic hydroxyl groups is 1. The molecule has 2 rings (SSSR count).